The van der Waals surface area contributed by atoms with Crippen molar-refractivity contribution in [3.63, 3.8) is 0 Å². The number of ether oxygens (including phenoxy) is 3. The number of carbonyl (C=O) groups excluding carboxylic acids is 1. The maximum atomic E-state index is 15.1. The van der Waals surface area contributed by atoms with Crippen LogP contribution < -0.4 is 9.47 Å². The summed E-state index contributed by atoms with van der Waals surface area (Å²) in [6.45, 7) is 6.91. The first-order valence-electron chi connectivity index (χ1n) is 25.2. The third-order valence-corrected chi connectivity index (χ3v) is 14.3. The van der Waals surface area contributed by atoms with Gasteiger partial charge in [0.1, 0.15) is 36.2 Å². The van der Waals surface area contributed by atoms with Crippen LogP contribution in [-0.2, 0) is 20.9 Å². The van der Waals surface area contributed by atoms with Crippen LogP contribution in [0.1, 0.15) is 133 Å². The Kier molecular flexibility index (Phi) is 18.5. The highest BCUT2D eigenvalue weighted by Crippen LogP contribution is 2.62. The molecule has 10 heteroatoms. The molecule has 1 saturated carbocycles. The zero-order chi connectivity index (χ0) is 47.0. The Labute approximate surface area is 398 Å². The third kappa shape index (κ3) is 12.2. The van der Waals surface area contributed by atoms with E-state index in [1.54, 1.807) is 25.3 Å². The number of aliphatic hydroxyl groups excluding tert-OH is 2. The monoisotopic (exact) mass is 917 g/mol. The molecule has 3 aliphatic rings. The van der Waals surface area contributed by atoms with Crippen molar-refractivity contribution in [2.45, 2.75) is 140 Å². The van der Waals surface area contributed by atoms with Crippen molar-refractivity contribution in [1.29, 1.82) is 0 Å². The van der Waals surface area contributed by atoms with Crippen LogP contribution in [0.25, 0.3) is 10.8 Å². The molecule has 1 amide bonds. The van der Waals surface area contributed by atoms with Crippen LogP contribution in [0.2, 0.25) is 0 Å². The fourth-order valence-electron chi connectivity index (χ4n) is 11.1. The average molecular weight is 917 g/mol. The maximum absolute atomic E-state index is 15.1. The Morgan fingerprint density at radius 1 is 0.851 bits per heavy atom. The van der Waals surface area contributed by atoms with E-state index in [0.717, 1.165) is 90.3 Å². The summed E-state index contributed by atoms with van der Waals surface area (Å²) in [5.41, 5.74) is 3.48. The van der Waals surface area contributed by atoms with E-state index in [0.29, 0.717) is 37.2 Å². The molecule has 6 atom stereocenters. The van der Waals surface area contributed by atoms with Crippen LogP contribution in [-0.4, -0.2) is 65.5 Å². The predicted molar refractivity (Wildman–Crippen MR) is 265 cm³/mol. The van der Waals surface area contributed by atoms with E-state index in [9.17, 15) is 14.6 Å². The minimum absolute atomic E-state index is 0.0229. The number of carbonyl (C=O) groups is 1. The highest BCUT2D eigenvalue weighted by atomic mass is 19.1. The van der Waals surface area contributed by atoms with Gasteiger partial charge in [0.2, 0.25) is 11.7 Å². The summed E-state index contributed by atoms with van der Waals surface area (Å²) < 4.78 is 35.7. The molecule has 67 heavy (non-hydrogen) atoms. The molecule has 1 fully saturated rings. The molecule has 0 radical (unpaired) electrons. The quantitative estimate of drug-likeness (QED) is 0.0348. The zero-order valence-electron chi connectivity index (χ0n) is 39.9. The minimum atomic E-state index is -1.40. The summed E-state index contributed by atoms with van der Waals surface area (Å²) in [6.07, 6.45) is 19.6. The number of oxime groups is 1. The van der Waals surface area contributed by atoms with Gasteiger partial charge in [-0.3, -0.25) is 4.79 Å². The fraction of sp³-hybridized carbons (Fsp3) is 0.509. The number of benzene rings is 4. The first kappa shape index (κ1) is 49.9. The van der Waals surface area contributed by atoms with E-state index in [1.165, 1.54) is 44.2 Å². The number of hydrogen-bond donors (Lipinski definition) is 2. The van der Waals surface area contributed by atoms with Crippen molar-refractivity contribution in [2.75, 3.05) is 26.9 Å². The summed E-state index contributed by atoms with van der Waals surface area (Å²) in [5.74, 6) is -0.202. The molecule has 360 valence electrons. The highest BCUT2D eigenvalue weighted by Gasteiger charge is 2.65. The molecule has 1 aliphatic heterocycles. The maximum Gasteiger partial charge on any atom is 0.239 e. The molecular formula is C57H73FN2O7. The van der Waals surface area contributed by atoms with Crippen LogP contribution in [0, 0.1) is 23.6 Å². The molecule has 0 bridgehead atoms. The smallest absolute Gasteiger partial charge is 0.239 e. The summed E-state index contributed by atoms with van der Waals surface area (Å²) in [5, 5.41) is 27.0. The number of amides is 1. The second-order valence-corrected chi connectivity index (χ2v) is 18.8. The molecule has 7 rings (SSSR count). The Hall–Kier alpha value is -5.03. The lowest BCUT2D eigenvalue weighted by molar-refractivity contribution is -0.258. The Bertz CT molecular complexity index is 2280. The molecule has 0 aromatic heterocycles. The number of hydrogen-bond acceptors (Lipinski definition) is 8. The summed E-state index contributed by atoms with van der Waals surface area (Å²) in [4.78, 5) is 22.7. The molecule has 2 N–H and O–H groups in total. The number of rotatable bonds is 27. The first-order chi connectivity index (χ1) is 32.8. The van der Waals surface area contributed by atoms with Crippen molar-refractivity contribution in [3.05, 3.63) is 126 Å². The van der Waals surface area contributed by atoms with Gasteiger partial charge in [-0.25, -0.2) is 4.39 Å². The van der Waals surface area contributed by atoms with Crippen molar-refractivity contribution in [1.82, 2.24) is 4.90 Å². The molecule has 4 aromatic rings. The van der Waals surface area contributed by atoms with E-state index in [1.807, 2.05) is 35.2 Å². The van der Waals surface area contributed by atoms with Gasteiger partial charge in [0.05, 0.1) is 18.2 Å². The van der Waals surface area contributed by atoms with Gasteiger partial charge >= 0.3 is 0 Å². The molecular weight excluding hydrogens is 844 g/mol. The van der Waals surface area contributed by atoms with Crippen LogP contribution in [0.15, 0.2) is 114 Å². The van der Waals surface area contributed by atoms with Crippen molar-refractivity contribution < 1.29 is 38.4 Å². The van der Waals surface area contributed by atoms with Gasteiger partial charge in [-0.15, -0.1) is 6.58 Å². The first-order valence-corrected chi connectivity index (χ1v) is 25.2. The molecule has 9 nitrogen and oxygen atoms in total. The van der Waals surface area contributed by atoms with Crippen molar-refractivity contribution in [3.8, 4) is 17.2 Å². The van der Waals surface area contributed by atoms with Crippen LogP contribution in [0.4, 0.5) is 4.39 Å². The van der Waals surface area contributed by atoms with Gasteiger partial charge in [0.15, 0.2) is 0 Å². The molecule has 6 unspecified atom stereocenters. The topological polar surface area (TPSA) is 110 Å². The lowest BCUT2D eigenvalue weighted by Crippen LogP contribution is -2.70. The van der Waals surface area contributed by atoms with Crippen LogP contribution in [0.3, 0.4) is 0 Å². The lowest BCUT2D eigenvalue weighted by Gasteiger charge is -2.60. The number of nitrogens with zero attached hydrogens (tertiary/aromatic N) is 2. The summed E-state index contributed by atoms with van der Waals surface area (Å²) in [7, 11) is 1.56. The highest BCUT2D eigenvalue weighted by molar-refractivity contribution is 6.03. The summed E-state index contributed by atoms with van der Waals surface area (Å²) >= 11 is 0. The number of aliphatic hydroxyl groups is 2. The minimum Gasteiger partial charge on any atom is -0.459 e. The normalized spacial score (nSPS) is 22.4. The second-order valence-electron chi connectivity index (χ2n) is 18.8. The van der Waals surface area contributed by atoms with Gasteiger partial charge in [-0.1, -0.05) is 131 Å². The second kappa shape index (κ2) is 24.8. The van der Waals surface area contributed by atoms with E-state index in [2.05, 4.69) is 49.9 Å². The number of unbranched alkanes of at least 4 members (excludes halogenated alkanes) is 10. The molecule has 0 spiro atoms. The Morgan fingerprint density at radius 3 is 2.25 bits per heavy atom. The largest absolute Gasteiger partial charge is 0.459 e. The molecule has 2 aliphatic carbocycles. The van der Waals surface area contributed by atoms with Crippen LogP contribution in [0.5, 0.6) is 17.2 Å². The zero-order valence-corrected chi connectivity index (χ0v) is 39.9. The van der Waals surface area contributed by atoms with Crippen molar-refractivity contribution >= 4 is 22.4 Å². The third-order valence-electron chi connectivity index (χ3n) is 14.3. The lowest BCUT2D eigenvalue weighted by atomic mass is 9.55. The summed E-state index contributed by atoms with van der Waals surface area (Å²) in [6, 6.07) is 26.1. The SMILES string of the molecule is C=CCOC12Oc3ccc(Oc4ccc5ccccc5c4)cc3C3C(CCCCO)C(CCCCO)C=C(C(=NOC)CC1N(Cc1ccc(F)cc1)C(=O)CCCCCCCCCCC)C32. The van der Waals surface area contributed by atoms with E-state index >= 15 is 4.79 Å². The van der Waals surface area contributed by atoms with Gasteiger partial charge in [0.25, 0.3) is 0 Å². The predicted octanol–water partition coefficient (Wildman–Crippen LogP) is 13.0. The standard InChI is InChI=1S/C57H73FN2O7/c1-4-6-7-8-9-10-11-12-13-24-54(63)60(40-41-25-28-45(58)29-26-41)53-39-51(59-64-3)49-37-44(22-16-18-33-61)48(23-17-19-34-62)55-50-38-47(66-46-30-27-42-20-14-15-21-43(42)36-46)31-32-52(50)67-57(53,56(49)55)65-35-5-2/h5,14-15,20-21,25-32,36-38,44,48,53,55-56,61-62H,2,4,6-13,16-19,22-24,33-35,39-40H2,1,3H3. The van der Waals surface area contributed by atoms with Gasteiger partial charge in [0, 0.05) is 44.1 Å². The van der Waals surface area contributed by atoms with Gasteiger partial charge in [-0.2, -0.15) is 0 Å². The average Bonchev–Trinajstić information content (AvgIpc) is 3.34. The number of halogens is 1. The number of fused-ring (bicyclic) bond motifs is 3. The van der Waals surface area contributed by atoms with E-state index in [-0.39, 0.29) is 55.8 Å². The number of allylic oxidation sites excluding steroid dienone is 1. The Morgan fingerprint density at radius 2 is 1.54 bits per heavy atom. The van der Waals surface area contributed by atoms with E-state index in [4.69, 9.17) is 24.2 Å². The van der Waals surface area contributed by atoms with Crippen LogP contribution >= 0.6 is 0 Å². The fourth-order valence-corrected chi connectivity index (χ4v) is 11.1. The van der Waals surface area contributed by atoms with Gasteiger partial charge < -0.3 is 34.2 Å². The van der Waals surface area contributed by atoms with E-state index < -0.39 is 17.7 Å². The Balaban J connectivity index is 1.34. The van der Waals surface area contributed by atoms with Gasteiger partial charge in [-0.05, 0) is 108 Å². The molecule has 0 saturated heterocycles. The van der Waals surface area contributed by atoms with Crippen molar-refractivity contribution in [2.24, 2.45) is 22.9 Å². The molecule has 4 aromatic carbocycles. The molecule has 1 heterocycles.